The first-order valence-corrected chi connectivity index (χ1v) is 5.32. The van der Waals surface area contributed by atoms with Gasteiger partial charge in [-0.15, -0.1) is 0 Å². The maximum atomic E-state index is 9.89. The van der Waals surface area contributed by atoms with Crippen molar-refractivity contribution in [3.63, 3.8) is 0 Å². The van der Waals surface area contributed by atoms with Crippen LogP contribution in [-0.2, 0) is 0 Å². The SMILES string of the molecule is Cc1cccc(-c2c(C)c(O)cc(O)c2O)c1. The molecule has 2 aromatic rings. The van der Waals surface area contributed by atoms with Gasteiger partial charge in [0.25, 0.3) is 0 Å². The van der Waals surface area contributed by atoms with Crippen LogP contribution < -0.4 is 0 Å². The molecular formula is C14H14O3. The molecule has 0 atom stereocenters. The molecule has 0 bridgehead atoms. The van der Waals surface area contributed by atoms with E-state index in [0.717, 1.165) is 17.2 Å². The van der Waals surface area contributed by atoms with E-state index >= 15 is 0 Å². The predicted molar refractivity (Wildman–Crippen MR) is 66.3 cm³/mol. The van der Waals surface area contributed by atoms with Crippen LogP contribution in [0.25, 0.3) is 11.1 Å². The van der Waals surface area contributed by atoms with Gasteiger partial charge in [0.15, 0.2) is 11.5 Å². The Morgan fingerprint density at radius 3 is 2.24 bits per heavy atom. The lowest BCUT2D eigenvalue weighted by molar-refractivity contribution is 0.397. The topological polar surface area (TPSA) is 60.7 Å². The Bertz CT molecular complexity index is 548. The van der Waals surface area contributed by atoms with E-state index in [1.165, 1.54) is 0 Å². The van der Waals surface area contributed by atoms with Crippen LogP contribution in [0.5, 0.6) is 17.2 Å². The van der Waals surface area contributed by atoms with E-state index in [-0.39, 0.29) is 17.2 Å². The van der Waals surface area contributed by atoms with Crippen molar-refractivity contribution in [2.24, 2.45) is 0 Å². The molecule has 2 aromatic carbocycles. The third-order valence-corrected chi connectivity index (χ3v) is 2.82. The summed E-state index contributed by atoms with van der Waals surface area (Å²) in [5.41, 5.74) is 2.83. The molecule has 0 saturated heterocycles. The van der Waals surface area contributed by atoms with Gasteiger partial charge in [-0.1, -0.05) is 29.8 Å². The summed E-state index contributed by atoms with van der Waals surface area (Å²) >= 11 is 0. The van der Waals surface area contributed by atoms with E-state index < -0.39 is 0 Å². The first-order chi connectivity index (χ1) is 8.00. The molecule has 0 aliphatic carbocycles. The van der Waals surface area contributed by atoms with E-state index in [1.54, 1.807) is 6.92 Å². The monoisotopic (exact) mass is 230 g/mol. The van der Waals surface area contributed by atoms with Gasteiger partial charge < -0.3 is 15.3 Å². The third kappa shape index (κ3) is 1.91. The molecule has 0 heterocycles. The fourth-order valence-electron chi connectivity index (χ4n) is 1.89. The zero-order chi connectivity index (χ0) is 12.6. The van der Waals surface area contributed by atoms with E-state index in [9.17, 15) is 15.3 Å². The number of hydrogen-bond acceptors (Lipinski definition) is 3. The van der Waals surface area contributed by atoms with Crippen LogP contribution >= 0.6 is 0 Å². The van der Waals surface area contributed by atoms with Crippen LogP contribution in [0.2, 0.25) is 0 Å². The molecule has 3 N–H and O–H groups in total. The second-order valence-electron chi connectivity index (χ2n) is 4.13. The Labute approximate surface area is 99.6 Å². The lowest BCUT2D eigenvalue weighted by Crippen LogP contribution is -1.87. The van der Waals surface area contributed by atoms with E-state index in [2.05, 4.69) is 0 Å². The summed E-state index contributed by atoms with van der Waals surface area (Å²) in [7, 11) is 0. The molecule has 17 heavy (non-hydrogen) atoms. The highest BCUT2D eigenvalue weighted by atomic mass is 16.3. The molecule has 0 aliphatic rings. The van der Waals surface area contributed by atoms with E-state index in [1.807, 2.05) is 31.2 Å². The highest BCUT2D eigenvalue weighted by molar-refractivity contribution is 5.79. The van der Waals surface area contributed by atoms with Gasteiger partial charge in [0.2, 0.25) is 0 Å². The van der Waals surface area contributed by atoms with Crippen LogP contribution in [-0.4, -0.2) is 15.3 Å². The molecule has 88 valence electrons. The van der Waals surface area contributed by atoms with Gasteiger partial charge in [0, 0.05) is 17.2 Å². The Morgan fingerprint density at radius 1 is 0.882 bits per heavy atom. The maximum Gasteiger partial charge on any atom is 0.165 e. The van der Waals surface area contributed by atoms with Gasteiger partial charge in [-0.2, -0.15) is 0 Å². The number of phenols is 3. The van der Waals surface area contributed by atoms with E-state index in [0.29, 0.717) is 11.1 Å². The molecule has 0 spiro atoms. The average Bonchev–Trinajstić information content (AvgIpc) is 2.27. The standard InChI is InChI=1S/C14H14O3/c1-8-4-3-5-10(6-8)13-9(2)11(15)7-12(16)14(13)17/h3-7,15-17H,1-2H3. The smallest absolute Gasteiger partial charge is 0.165 e. The lowest BCUT2D eigenvalue weighted by atomic mass is 9.97. The zero-order valence-electron chi connectivity index (χ0n) is 9.73. The maximum absolute atomic E-state index is 9.89. The zero-order valence-corrected chi connectivity index (χ0v) is 9.73. The molecular weight excluding hydrogens is 216 g/mol. The Morgan fingerprint density at radius 2 is 1.59 bits per heavy atom. The van der Waals surface area contributed by atoms with Gasteiger partial charge >= 0.3 is 0 Å². The summed E-state index contributed by atoms with van der Waals surface area (Å²) < 4.78 is 0. The summed E-state index contributed by atoms with van der Waals surface area (Å²) in [5, 5.41) is 29.1. The normalized spacial score (nSPS) is 10.5. The Kier molecular flexibility index (Phi) is 2.68. The van der Waals surface area contributed by atoms with Crippen LogP contribution in [0.4, 0.5) is 0 Å². The van der Waals surface area contributed by atoms with Gasteiger partial charge in [-0.3, -0.25) is 0 Å². The van der Waals surface area contributed by atoms with Crippen molar-refractivity contribution < 1.29 is 15.3 Å². The molecule has 3 nitrogen and oxygen atoms in total. The summed E-state index contributed by atoms with van der Waals surface area (Å²) in [6, 6.07) is 8.67. The molecule has 0 aromatic heterocycles. The number of aryl methyl sites for hydroxylation is 1. The molecule has 0 aliphatic heterocycles. The van der Waals surface area contributed by atoms with Crippen LogP contribution in [0.3, 0.4) is 0 Å². The highest BCUT2D eigenvalue weighted by Gasteiger charge is 2.15. The van der Waals surface area contributed by atoms with Gasteiger partial charge in [-0.25, -0.2) is 0 Å². The number of hydrogen-bond donors (Lipinski definition) is 3. The number of aromatic hydroxyl groups is 3. The molecule has 0 fully saturated rings. The fraction of sp³-hybridized carbons (Fsp3) is 0.143. The number of phenolic OH excluding ortho intramolecular Hbond substituents is 3. The molecule has 0 unspecified atom stereocenters. The van der Waals surface area contributed by atoms with Crippen molar-refractivity contribution in [3.05, 3.63) is 41.5 Å². The van der Waals surface area contributed by atoms with Crippen LogP contribution in [0, 0.1) is 13.8 Å². The minimum absolute atomic E-state index is 0.0307. The lowest BCUT2D eigenvalue weighted by Gasteiger charge is -2.12. The molecule has 0 radical (unpaired) electrons. The Balaban J connectivity index is 2.75. The second-order valence-corrected chi connectivity index (χ2v) is 4.13. The third-order valence-electron chi connectivity index (χ3n) is 2.82. The summed E-state index contributed by atoms with van der Waals surface area (Å²) in [4.78, 5) is 0. The van der Waals surface area contributed by atoms with Crippen molar-refractivity contribution in [2.45, 2.75) is 13.8 Å². The van der Waals surface area contributed by atoms with E-state index in [4.69, 9.17) is 0 Å². The minimum Gasteiger partial charge on any atom is -0.508 e. The molecule has 0 saturated carbocycles. The molecule has 3 heteroatoms. The largest absolute Gasteiger partial charge is 0.508 e. The Hall–Kier alpha value is -2.16. The van der Waals surface area contributed by atoms with Crippen molar-refractivity contribution in [3.8, 4) is 28.4 Å². The van der Waals surface area contributed by atoms with Gasteiger partial charge in [-0.05, 0) is 19.4 Å². The van der Waals surface area contributed by atoms with Crippen molar-refractivity contribution in [2.75, 3.05) is 0 Å². The molecule has 2 rings (SSSR count). The molecule has 0 amide bonds. The highest BCUT2D eigenvalue weighted by Crippen LogP contribution is 2.43. The van der Waals surface area contributed by atoms with Crippen molar-refractivity contribution >= 4 is 0 Å². The second kappa shape index (κ2) is 4.01. The number of rotatable bonds is 1. The van der Waals surface area contributed by atoms with Gasteiger partial charge in [0.05, 0.1) is 0 Å². The summed E-state index contributed by atoms with van der Waals surface area (Å²) in [6.45, 7) is 3.64. The first-order valence-electron chi connectivity index (χ1n) is 5.32. The van der Waals surface area contributed by atoms with Gasteiger partial charge in [0.1, 0.15) is 5.75 Å². The first kappa shape index (κ1) is 11.3. The number of benzene rings is 2. The average molecular weight is 230 g/mol. The minimum atomic E-state index is -0.315. The fourth-order valence-corrected chi connectivity index (χ4v) is 1.89. The van der Waals surface area contributed by atoms with Crippen molar-refractivity contribution in [1.29, 1.82) is 0 Å². The van der Waals surface area contributed by atoms with Crippen molar-refractivity contribution in [1.82, 2.24) is 0 Å². The quantitative estimate of drug-likeness (QED) is 0.521. The van der Waals surface area contributed by atoms with Crippen LogP contribution in [0.1, 0.15) is 11.1 Å². The predicted octanol–water partition coefficient (Wildman–Crippen LogP) is 3.09. The summed E-state index contributed by atoms with van der Waals surface area (Å²) in [6.07, 6.45) is 0. The van der Waals surface area contributed by atoms with Crippen LogP contribution in [0.15, 0.2) is 30.3 Å². The summed E-state index contributed by atoms with van der Waals surface area (Å²) in [5.74, 6) is -0.549.